The summed E-state index contributed by atoms with van der Waals surface area (Å²) in [4.78, 5) is 8.47. The summed E-state index contributed by atoms with van der Waals surface area (Å²) in [6.45, 7) is 0. The molecule has 2 aromatic carbocycles. The first-order valence-corrected chi connectivity index (χ1v) is 5.30. The molecule has 0 bridgehead atoms. The Morgan fingerprint density at radius 3 is 2.41 bits per heavy atom. The minimum Gasteiger partial charge on any atom is -0.236 e. The van der Waals surface area contributed by atoms with E-state index in [0.717, 1.165) is 22.2 Å². The summed E-state index contributed by atoms with van der Waals surface area (Å²) in [6.07, 6.45) is 1.53. The molecule has 0 spiro atoms. The number of benzene rings is 2. The van der Waals surface area contributed by atoms with Gasteiger partial charge in [-0.05, 0) is 30.3 Å². The fraction of sp³-hybridized carbons (Fsp3) is 0. The van der Waals surface area contributed by atoms with Crippen LogP contribution < -0.4 is 0 Å². The highest BCUT2D eigenvalue weighted by Gasteiger charge is 2.05. The number of para-hydroxylation sites is 1. The third kappa shape index (κ3) is 1.76. The molecule has 3 aromatic rings. The molecule has 0 aliphatic carbocycles. The van der Waals surface area contributed by atoms with Gasteiger partial charge in [-0.1, -0.05) is 18.2 Å². The van der Waals surface area contributed by atoms with Crippen molar-refractivity contribution in [3.05, 3.63) is 60.7 Å². The Labute approximate surface area is 97.8 Å². The number of nitrogens with zero attached hydrogens (tertiary/aromatic N) is 2. The topological polar surface area (TPSA) is 25.8 Å². The summed E-state index contributed by atoms with van der Waals surface area (Å²) in [5, 5.41) is 0.974. The Bertz CT molecular complexity index is 657. The zero-order valence-corrected chi connectivity index (χ0v) is 8.97. The monoisotopic (exact) mass is 224 g/mol. The van der Waals surface area contributed by atoms with Crippen LogP contribution in [0.3, 0.4) is 0 Å². The molecule has 0 amide bonds. The highest BCUT2D eigenvalue weighted by Crippen LogP contribution is 2.24. The fourth-order valence-electron chi connectivity index (χ4n) is 1.84. The van der Waals surface area contributed by atoms with Crippen molar-refractivity contribution in [3.63, 3.8) is 0 Å². The van der Waals surface area contributed by atoms with Crippen LogP contribution in [0, 0.1) is 5.82 Å². The molecule has 0 saturated heterocycles. The first kappa shape index (κ1) is 9.90. The van der Waals surface area contributed by atoms with Crippen LogP contribution in [0.2, 0.25) is 0 Å². The molecule has 3 heteroatoms. The average molecular weight is 224 g/mol. The lowest BCUT2D eigenvalue weighted by molar-refractivity contribution is 0.628. The second-order valence-corrected chi connectivity index (χ2v) is 3.75. The van der Waals surface area contributed by atoms with Crippen molar-refractivity contribution in [1.29, 1.82) is 0 Å². The molecule has 82 valence electrons. The van der Waals surface area contributed by atoms with Gasteiger partial charge in [0.2, 0.25) is 0 Å². The van der Waals surface area contributed by atoms with E-state index in [1.165, 1.54) is 18.5 Å². The van der Waals surface area contributed by atoms with Crippen molar-refractivity contribution in [3.8, 4) is 11.3 Å². The zero-order valence-electron chi connectivity index (χ0n) is 8.97. The fourth-order valence-corrected chi connectivity index (χ4v) is 1.84. The van der Waals surface area contributed by atoms with E-state index in [4.69, 9.17) is 0 Å². The molecule has 0 unspecified atom stereocenters. The van der Waals surface area contributed by atoms with Crippen molar-refractivity contribution in [2.75, 3.05) is 0 Å². The maximum Gasteiger partial charge on any atom is 0.123 e. The lowest BCUT2D eigenvalue weighted by atomic mass is 10.1. The first-order chi connectivity index (χ1) is 8.34. The van der Waals surface area contributed by atoms with E-state index in [-0.39, 0.29) is 5.82 Å². The number of halogens is 1. The van der Waals surface area contributed by atoms with Crippen LogP contribution in [0.4, 0.5) is 4.39 Å². The maximum atomic E-state index is 12.9. The summed E-state index contributed by atoms with van der Waals surface area (Å²) in [5.74, 6) is -0.243. The molecule has 0 atom stereocenters. The van der Waals surface area contributed by atoms with Crippen LogP contribution >= 0.6 is 0 Å². The Kier molecular flexibility index (Phi) is 2.29. The smallest absolute Gasteiger partial charge is 0.123 e. The molecule has 0 aliphatic rings. The molecule has 2 nitrogen and oxygen atoms in total. The first-order valence-electron chi connectivity index (χ1n) is 5.30. The van der Waals surface area contributed by atoms with Crippen LogP contribution in [-0.2, 0) is 0 Å². The summed E-state index contributed by atoms with van der Waals surface area (Å²) >= 11 is 0. The SMILES string of the molecule is Fc1ccc(-c2ncnc3ccccc23)cc1. The van der Waals surface area contributed by atoms with Gasteiger partial charge < -0.3 is 0 Å². The second kappa shape index (κ2) is 3.94. The molecule has 0 N–H and O–H groups in total. The van der Waals surface area contributed by atoms with Crippen LogP contribution in [0.15, 0.2) is 54.9 Å². The van der Waals surface area contributed by atoms with Crippen molar-refractivity contribution >= 4 is 10.9 Å². The summed E-state index contributed by atoms with van der Waals surface area (Å²) < 4.78 is 12.9. The second-order valence-electron chi connectivity index (χ2n) is 3.75. The number of rotatable bonds is 1. The van der Waals surface area contributed by atoms with E-state index >= 15 is 0 Å². The maximum absolute atomic E-state index is 12.9. The number of hydrogen-bond donors (Lipinski definition) is 0. The van der Waals surface area contributed by atoms with Gasteiger partial charge in [0.05, 0.1) is 11.2 Å². The summed E-state index contributed by atoms with van der Waals surface area (Å²) in [5.41, 5.74) is 2.61. The van der Waals surface area contributed by atoms with Crippen LogP contribution in [0.5, 0.6) is 0 Å². The largest absolute Gasteiger partial charge is 0.236 e. The molecule has 1 aromatic heterocycles. The van der Waals surface area contributed by atoms with Gasteiger partial charge >= 0.3 is 0 Å². The van der Waals surface area contributed by atoms with Gasteiger partial charge in [-0.15, -0.1) is 0 Å². The van der Waals surface area contributed by atoms with E-state index in [0.29, 0.717) is 0 Å². The quantitative estimate of drug-likeness (QED) is 0.632. The van der Waals surface area contributed by atoms with E-state index in [1.807, 2.05) is 24.3 Å². The van der Waals surface area contributed by atoms with Crippen LogP contribution in [-0.4, -0.2) is 9.97 Å². The van der Waals surface area contributed by atoms with E-state index in [1.54, 1.807) is 12.1 Å². The number of hydrogen-bond acceptors (Lipinski definition) is 2. The van der Waals surface area contributed by atoms with E-state index < -0.39 is 0 Å². The molecule has 0 aliphatic heterocycles. The van der Waals surface area contributed by atoms with Gasteiger partial charge in [-0.25, -0.2) is 14.4 Å². The molecular formula is C14H9FN2. The van der Waals surface area contributed by atoms with E-state index in [9.17, 15) is 4.39 Å². The highest BCUT2D eigenvalue weighted by molar-refractivity contribution is 5.91. The standard InChI is InChI=1S/C14H9FN2/c15-11-7-5-10(6-8-11)14-12-3-1-2-4-13(12)16-9-17-14/h1-9H. The van der Waals surface area contributed by atoms with Gasteiger partial charge in [0.15, 0.2) is 0 Å². The van der Waals surface area contributed by atoms with Crippen molar-refractivity contribution in [2.45, 2.75) is 0 Å². The third-order valence-corrected chi connectivity index (χ3v) is 2.66. The number of fused-ring (bicyclic) bond motifs is 1. The minimum atomic E-state index is -0.243. The Hall–Kier alpha value is -2.29. The van der Waals surface area contributed by atoms with E-state index in [2.05, 4.69) is 9.97 Å². The molecule has 1 heterocycles. The Morgan fingerprint density at radius 2 is 1.59 bits per heavy atom. The van der Waals surface area contributed by atoms with Crippen molar-refractivity contribution in [2.24, 2.45) is 0 Å². The van der Waals surface area contributed by atoms with Gasteiger partial charge in [0, 0.05) is 10.9 Å². The normalized spacial score (nSPS) is 10.6. The molecular weight excluding hydrogens is 215 g/mol. The highest BCUT2D eigenvalue weighted by atomic mass is 19.1. The lowest BCUT2D eigenvalue weighted by Crippen LogP contribution is -1.88. The van der Waals surface area contributed by atoms with Gasteiger partial charge in [0.25, 0.3) is 0 Å². The van der Waals surface area contributed by atoms with Gasteiger partial charge in [0.1, 0.15) is 12.1 Å². The zero-order chi connectivity index (χ0) is 11.7. The molecule has 0 fully saturated rings. The molecule has 0 radical (unpaired) electrons. The Morgan fingerprint density at radius 1 is 0.824 bits per heavy atom. The molecule has 0 saturated carbocycles. The number of aromatic nitrogens is 2. The summed E-state index contributed by atoms with van der Waals surface area (Å²) in [7, 11) is 0. The minimum absolute atomic E-state index is 0.243. The van der Waals surface area contributed by atoms with Crippen molar-refractivity contribution < 1.29 is 4.39 Å². The Balaban J connectivity index is 2.27. The average Bonchev–Trinajstić information content (AvgIpc) is 2.39. The van der Waals surface area contributed by atoms with Crippen molar-refractivity contribution in [1.82, 2.24) is 9.97 Å². The molecule has 17 heavy (non-hydrogen) atoms. The van der Waals surface area contributed by atoms with Gasteiger partial charge in [-0.3, -0.25) is 0 Å². The predicted octanol–water partition coefficient (Wildman–Crippen LogP) is 3.44. The van der Waals surface area contributed by atoms with Crippen LogP contribution in [0.25, 0.3) is 22.2 Å². The lowest BCUT2D eigenvalue weighted by Gasteiger charge is -2.04. The third-order valence-electron chi connectivity index (χ3n) is 2.66. The van der Waals surface area contributed by atoms with Crippen LogP contribution in [0.1, 0.15) is 0 Å². The molecule has 3 rings (SSSR count). The summed E-state index contributed by atoms with van der Waals surface area (Å²) in [6, 6.07) is 14.1. The van der Waals surface area contributed by atoms with Gasteiger partial charge in [-0.2, -0.15) is 0 Å². The predicted molar refractivity (Wildman–Crippen MR) is 64.9 cm³/mol.